The molecule has 4 rings (SSSR count). The van der Waals surface area contributed by atoms with E-state index in [1.165, 1.54) is 10.5 Å². The molecule has 3 heterocycles. The van der Waals surface area contributed by atoms with Gasteiger partial charge in [0.2, 0.25) is 15.9 Å². The molecule has 178 valence electrons. The number of amides is 1. The molecule has 1 amide bonds. The summed E-state index contributed by atoms with van der Waals surface area (Å²) in [5, 5.41) is 13.5. The Hall–Kier alpha value is -3.29. The lowest BCUT2D eigenvalue weighted by Gasteiger charge is -2.34. The van der Waals surface area contributed by atoms with Crippen molar-refractivity contribution >= 4 is 21.6 Å². The van der Waals surface area contributed by atoms with Gasteiger partial charge in [0, 0.05) is 44.0 Å². The van der Waals surface area contributed by atoms with Crippen molar-refractivity contribution in [3.05, 3.63) is 58.0 Å². The number of nitrogens with zero attached hydrogens (tertiary/aromatic N) is 6. The van der Waals surface area contributed by atoms with Crippen molar-refractivity contribution < 1.29 is 13.2 Å². The molecule has 3 aromatic rings. The molecule has 0 N–H and O–H groups in total. The summed E-state index contributed by atoms with van der Waals surface area (Å²) in [5.41, 5.74) is 5.26. The van der Waals surface area contributed by atoms with Gasteiger partial charge in [0.15, 0.2) is 5.65 Å². The van der Waals surface area contributed by atoms with Gasteiger partial charge in [-0.2, -0.15) is 14.7 Å². The minimum atomic E-state index is -3.59. The SMILES string of the molecule is Cc1ccc(S(=O)(=O)N2CCN(C(=O)CCc3c(C)nc4c(C#N)cnn4c3C)CC2)c(C)c1. The Morgan fingerprint density at radius 2 is 1.82 bits per heavy atom. The standard InChI is InChI=1S/C24H28N6O3S/c1-16-5-7-22(17(2)13-16)34(32,33)29-11-9-28(10-12-29)23(31)8-6-21-18(3)27-24-20(14-25)15-26-30(24)19(21)4/h5,7,13,15H,6,8-12H2,1-4H3. The van der Waals surface area contributed by atoms with Crippen LogP contribution in [-0.4, -0.2) is 64.3 Å². The Kier molecular flexibility index (Phi) is 6.43. The van der Waals surface area contributed by atoms with Crippen LogP contribution in [0.1, 0.15) is 40.1 Å². The monoisotopic (exact) mass is 480 g/mol. The predicted octanol–water partition coefficient (Wildman–Crippen LogP) is 2.30. The van der Waals surface area contributed by atoms with Crippen molar-refractivity contribution in [1.29, 1.82) is 5.26 Å². The molecule has 9 nitrogen and oxygen atoms in total. The predicted molar refractivity (Wildman–Crippen MR) is 127 cm³/mol. The number of aromatic nitrogens is 3. The van der Waals surface area contributed by atoms with Gasteiger partial charge in [0.25, 0.3) is 0 Å². The van der Waals surface area contributed by atoms with E-state index in [0.29, 0.717) is 42.0 Å². The zero-order valence-corrected chi connectivity index (χ0v) is 20.7. The lowest BCUT2D eigenvalue weighted by Crippen LogP contribution is -2.50. The van der Waals surface area contributed by atoms with Crippen LogP contribution in [0.4, 0.5) is 0 Å². The van der Waals surface area contributed by atoms with Crippen molar-refractivity contribution in [2.75, 3.05) is 26.2 Å². The van der Waals surface area contributed by atoms with E-state index < -0.39 is 10.0 Å². The average molecular weight is 481 g/mol. The minimum Gasteiger partial charge on any atom is -0.340 e. The Bertz CT molecular complexity index is 1410. The zero-order chi connectivity index (χ0) is 24.6. The first kappa shape index (κ1) is 23.9. The van der Waals surface area contributed by atoms with E-state index in [0.717, 1.165) is 28.1 Å². The van der Waals surface area contributed by atoms with Crippen LogP contribution in [-0.2, 0) is 21.2 Å². The highest BCUT2D eigenvalue weighted by atomic mass is 32.2. The van der Waals surface area contributed by atoms with Crippen LogP contribution in [0.2, 0.25) is 0 Å². The minimum absolute atomic E-state index is 0.0133. The molecule has 10 heteroatoms. The van der Waals surface area contributed by atoms with Crippen molar-refractivity contribution in [3.8, 4) is 6.07 Å². The second-order valence-electron chi connectivity index (χ2n) is 8.72. The molecule has 34 heavy (non-hydrogen) atoms. The van der Waals surface area contributed by atoms with E-state index in [1.54, 1.807) is 28.5 Å². The van der Waals surface area contributed by atoms with Crippen LogP contribution in [0, 0.1) is 39.0 Å². The summed E-state index contributed by atoms with van der Waals surface area (Å²) in [4.78, 5) is 19.5. The van der Waals surface area contributed by atoms with E-state index in [-0.39, 0.29) is 19.0 Å². The number of aryl methyl sites for hydroxylation is 4. The summed E-state index contributed by atoms with van der Waals surface area (Å²) in [6.07, 6.45) is 2.29. The summed E-state index contributed by atoms with van der Waals surface area (Å²) in [7, 11) is -3.59. The molecule has 1 aromatic carbocycles. The summed E-state index contributed by atoms with van der Waals surface area (Å²) >= 11 is 0. The number of piperazine rings is 1. The maximum atomic E-state index is 13.1. The van der Waals surface area contributed by atoms with Gasteiger partial charge in [-0.25, -0.2) is 17.9 Å². The lowest BCUT2D eigenvalue weighted by atomic mass is 10.1. The highest BCUT2D eigenvalue weighted by Gasteiger charge is 2.31. The Labute approximate surface area is 199 Å². The fourth-order valence-electron chi connectivity index (χ4n) is 4.55. The third kappa shape index (κ3) is 4.29. The molecule has 1 aliphatic heterocycles. The fourth-order valence-corrected chi connectivity index (χ4v) is 6.18. The van der Waals surface area contributed by atoms with Gasteiger partial charge in [0.05, 0.1) is 11.1 Å². The van der Waals surface area contributed by atoms with Gasteiger partial charge in [-0.1, -0.05) is 17.7 Å². The average Bonchev–Trinajstić information content (AvgIpc) is 3.21. The van der Waals surface area contributed by atoms with E-state index in [1.807, 2.05) is 26.8 Å². The summed E-state index contributed by atoms with van der Waals surface area (Å²) < 4.78 is 29.3. The van der Waals surface area contributed by atoms with Gasteiger partial charge in [-0.3, -0.25) is 4.79 Å². The van der Waals surface area contributed by atoms with E-state index in [9.17, 15) is 18.5 Å². The molecular formula is C24H28N6O3S. The first-order chi connectivity index (χ1) is 16.1. The number of hydrogen-bond acceptors (Lipinski definition) is 6. The summed E-state index contributed by atoms with van der Waals surface area (Å²) in [5.74, 6) is -0.0133. The van der Waals surface area contributed by atoms with Crippen LogP contribution >= 0.6 is 0 Å². The van der Waals surface area contributed by atoms with Crippen molar-refractivity contribution in [1.82, 2.24) is 23.8 Å². The van der Waals surface area contributed by atoms with Crippen molar-refractivity contribution in [2.24, 2.45) is 0 Å². The molecule has 0 unspecified atom stereocenters. The number of fused-ring (bicyclic) bond motifs is 1. The van der Waals surface area contributed by atoms with Crippen LogP contribution in [0.3, 0.4) is 0 Å². The van der Waals surface area contributed by atoms with Gasteiger partial charge in [-0.05, 0) is 51.3 Å². The largest absolute Gasteiger partial charge is 0.340 e. The maximum Gasteiger partial charge on any atom is 0.243 e. The number of sulfonamides is 1. The molecule has 1 fully saturated rings. The highest BCUT2D eigenvalue weighted by molar-refractivity contribution is 7.89. The smallest absolute Gasteiger partial charge is 0.243 e. The fraction of sp³-hybridized carbons (Fsp3) is 0.417. The second-order valence-corrected chi connectivity index (χ2v) is 10.6. The van der Waals surface area contributed by atoms with Crippen LogP contribution < -0.4 is 0 Å². The normalized spacial score (nSPS) is 15.0. The number of hydrogen-bond donors (Lipinski definition) is 0. The topological polar surface area (TPSA) is 112 Å². The Balaban J connectivity index is 1.40. The number of nitriles is 1. The van der Waals surface area contributed by atoms with E-state index >= 15 is 0 Å². The van der Waals surface area contributed by atoms with Crippen LogP contribution in [0.5, 0.6) is 0 Å². The molecule has 0 atom stereocenters. The Morgan fingerprint density at radius 1 is 1.12 bits per heavy atom. The van der Waals surface area contributed by atoms with Gasteiger partial charge in [-0.15, -0.1) is 0 Å². The molecule has 0 radical (unpaired) electrons. The highest BCUT2D eigenvalue weighted by Crippen LogP contribution is 2.23. The van der Waals surface area contributed by atoms with Gasteiger partial charge >= 0.3 is 0 Å². The second kappa shape index (κ2) is 9.16. The van der Waals surface area contributed by atoms with Crippen molar-refractivity contribution in [2.45, 2.75) is 45.4 Å². The third-order valence-electron chi connectivity index (χ3n) is 6.46. The molecule has 0 aliphatic carbocycles. The first-order valence-electron chi connectivity index (χ1n) is 11.2. The molecule has 0 bridgehead atoms. The van der Waals surface area contributed by atoms with E-state index in [2.05, 4.69) is 16.2 Å². The van der Waals surface area contributed by atoms with E-state index in [4.69, 9.17) is 0 Å². The number of rotatable bonds is 5. The number of carbonyl (C=O) groups excluding carboxylic acids is 1. The van der Waals surface area contributed by atoms with Crippen molar-refractivity contribution in [3.63, 3.8) is 0 Å². The van der Waals surface area contributed by atoms with Crippen LogP contribution in [0.25, 0.3) is 5.65 Å². The lowest BCUT2D eigenvalue weighted by molar-refractivity contribution is -0.132. The third-order valence-corrected chi connectivity index (χ3v) is 8.52. The number of carbonyl (C=O) groups is 1. The molecule has 1 saturated heterocycles. The first-order valence-corrected chi connectivity index (χ1v) is 12.7. The summed E-state index contributed by atoms with van der Waals surface area (Å²) in [6, 6.07) is 7.43. The molecule has 0 spiro atoms. The van der Waals surface area contributed by atoms with Crippen LogP contribution in [0.15, 0.2) is 29.3 Å². The summed E-state index contributed by atoms with van der Waals surface area (Å²) in [6.45, 7) is 8.80. The zero-order valence-electron chi connectivity index (χ0n) is 19.9. The number of benzene rings is 1. The van der Waals surface area contributed by atoms with Gasteiger partial charge < -0.3 is 4.90 Å². The molecule has 2 aromatic heterocycles. The quantitative estimate of drug-likeness (QED) is 0.554. The molecule has 1 aliphatic rings. The molecule has 0 saturated carbocycles. The van der Waals surface area contributed by atoms with Gasteiger partial charge in [0.1, 0.15) is 11.6 Å². The maximum absolute atomic E-state index is 13.1. The Morgan fingerprint density at radius 3 is 2.47 bits per heavy atom. The molecular weight excluding hydrogens is 452 g/mol.